The Kier molecular flexibility index (Phi) is 4.62. The molecule has 2 rings (SSSR count). The van der Waals surface area contributed by atoms with Crippen LogP contribution in [0.5, 0.6) is 0 Å². The summed E-state index contributed by atoms with van der Waals surface area (Å²) in [6.07, 6.45) is 2.25. The number of piperidine rings is 1. The van der Waals surface area contributed by atoms with Crippen LogP contribution in [0.4, 0.5) is 0 Å². The molecule has 3 nitrogen and oxygen atoms in total. The van der Waals surface area contributed by atoms with Gasteiger partial charge in [-0.2, -0.15) is 0 Å². The lowest BCUT2D eigenvalue weighted by molar-refractivity contribution is 0.116. The number of nitrogens with zero attached hydrogens (tertiary/aromatic N) is 2. The highest BCUT2D eigenvalue weighted by molar-refractivity contribution is 6.32. The number of aliphatic hydroxyl groups excluding tert-OH is 1. The van der Waals surface area contributed by atoms with Crippen molar-refractivity contribution >= 4 is 23.2 Å². The van der Waals surface area contributed by atoms with Crippen LogP contribution in [-0.4, -0.2) is 34.7 Å². The fraction of sp³-hybridized carbons (Fsp3) is 0.583. The van der Waals surface area contributed by atoms with E-state index in [9.17, 15) is 5.11 Å². The summed E-state index contributed by atoms with van der Waals surface area (Å²) in [5, 5.41) is 10.1. The molecular weight excluding hydrogens is 259 g/mol. The van der Waals surface area contributed by atoms with Crippen LogP contribution in [0.1, 0.15) is 18.4 Å². The highest BCUT2D eigenvalue weighted by atomic mass is 35.5. The quantitative estimate of drug-likeness (QED) is 0.861. The molecule has 0 saturated carbocycles. The van der Waals surface area contributed by atoms with E-state index in [1.165, 1.54) is 0 Å². The second-order valence-corrected chi connectivity index (χ2v) is 5.32. The minimum atomic E-state index is 0.272. The molecule has 94 valence electrons. The first-order valence-corrected chi connectivity index (χ1v) is 6.58. The molecule has 1 aromatic rings. The Morgan fingerprint density at radius 1 is 1.35 bits per heavy atom. The predicted molar refractivity (Wildman–Crippen MR) is 69.3 cm³/mol. The van der Waals surface area contributed by atoms with Gasteiger partial charge in [-0.15, -0.1) is 0 Å². The van der Waals surface area contributed by atoms with Gasteiger partial charge in [0.25, 0.3) is 0 Å². The molecule has 1 N–H and O–H groups in total. The lowest BCUT2D eigenvalue weighted by Gasteiger charge is -2.31. The smallest absolute Gasteiger partial charge is 0.131 e. The van der Waals surface area contributed by atoms with E-state index >= 15 is 0 Å². The van der Waals surface area contributed by atoms with Crippen LogP contribution in [0.25, 0.3) is 0 Å². The molecule has 0 unspecified atom stereocenters. The number of hydrogen-bond donors (Lipinski definition) is 1. The predicted octanol–water partition coefficient (Wildman–Crippen LogP) is 2.59. The number of hydrogen-bond acceptors (Lipinski definition) is 3. The second-order valence-electron chi connectivity index (χ2n) is 4.55. The molecular formula is C12H16Cl2N2O. The Balaban J connectivity index is 2.00. The molecule has 1 aromatic heterocycles. The van der Waals surface area contributed by atoms with Crippen molar-refractivity contribution < 1.29 is 5.11 Å². The normalized spacial score (nSPS) is 21.7. The number of aromatic nitrogens is 1. The average molecular weight is 275 g/mol. The van der Waals surface area contributed by atoms with Gasteiger partial charge in [-0.1, -0.05) is 23.2 Å². The molecule has 0 radical (unpaired) electrons. The molecule has 17 heavy (non-hydrogen) atoms. The van der Waals surface area contributed by atoms with Gasteiger partial charge in [0.1, 0.15) is 10.3 Å². The summed E-state index contributed by atoms with van der Waals surface area (Å²) < 4.78 is 0. The van der Waals surface area contributed by atoms with Crippen molar-refractivity contribution in [1.29, 1.82) is 0 Å². The lowest BCUT2D eigenvalue weighted by atomic mass is 9.99. The largest absolute Gasteiger partial charge is 0.396 e. The Morgan fingerprint density at radius 2 is 2.06 bits per heavy atom. The van der Waals surface area contributed by atoms with Gasteiger partial charge in [0.2, 0.25) is 0 Å². The number of aliphatic hydroxyl groups is 1. The van der Waals surface area contributed by atoms with Crippen molar-refractivity contribution in [2.24, 2.45) is 5.92 Å². The third-order valence-corrected chi connectivity index (χ3v) is 3.48. The van der Waals surface area contributed by atoms with E-state index in [0.717, 1.165) is 38.0 Å². The molecule has 1 saturated heterocycles. The van der Waals surface area contributed by atoms with Crippen LogP contribution in [-0.2, 0) is 6.54 Å². The molecule has 2 heterocycles. The topological polar surface area (TPSA) is 36.4 Å². The maximum Gasteiger partial charge on any atom is 0.131 e. The van der Waals surface area contributed by atoms with Crippen molar-refractivity contribution in [3.05, 3.63) is 28.0 Å². The zero-order valence-corrected chi connectivity index (χ0v) is 11.1. The van der Waals surface area contributed by atoms with Crippen LogP contribution in [0.2, 0.25) is 10.3 Å². The standard InChI is InChI=1S/C12H16Cl2N2O/c13-11-4-10(5-12(14)15-11)7-16-3-1-2-9(6-16)8-17/h4-5,9,17H,1-3,6-8H2/t9-/m1/s1. The third-order valence-electron chi connectivity index (χ3n) is 3.09. The summed E-state index contributed by atoms with van der Waals surface area (Å²) in [6.45, 7) is 3.09. The van der Waals surface area contributed by atoms with Crippen molar-refractivity contribution in [1.82, 2.24) is 9.88 Å². The third kappa shape index (κ3) is 3.81. The molecule has 0 bridgehead atoms. The number of likely N-dealkylation sites (tertiary alicyclic amines) is 1. The van der Waals surface area contributed by atoms with E-state index in [-0.39, 0.29) is 6.61 Å². The molecule has 0 spiro atoms. The number of rotatable bonds is 3. The Morgan fingerprint density at radius 3 is 2.71 bits per heavy atom. The molecule has 0 amide bonds. The Bertz CT molecular complexity index is 367. The fourth-order valence-electron chi connectivity index (χ4n) is 2.31. The van der Waals surface area contributed by atoms with Crippen LogP contribution >= 0.6 is 23.2 Å². The minimum Gasteiger partial charge on any atom is -0.396 e. The van der Waals surface area contributed by atoms with Crippen molar-refractivity contribution in [3.63, 3.8) is 0 Å². The second kappa shape index (κ2) is 6.01. The van der Waals surface area contributed by atoms with Crippen molar-refractivity contribution in [2.45, 2.75) is 19.4 Å². The summed E-state index contributed by atoms with van der Waals surface area (Å²) in [5.74, 6) is 0.400. The minimum absolute atomic E-state index is 0.272. The molecule has 1 aliphatic heterocycles. The molecule has 0 aromatic carbocycles. The summed E-state index contributed by atoms with van der Waals surface area (Å²) >= 11 is 11.7. The SMILES string of the molecule is OC[C@@H]1CCCN(Cc2cc(Cl)nc(Cl)c2)C1. The molecule has 0 aliphatic carbocycles. The highest BCUT2D eigenvalue weighted by Crippen LogP contribution is 2.20. The van der Waals surface area contributed by atoms with Gasteiger partial charge in [0, 0.05) is 19.7 Å². The summed E-state index contributed by atoms with van der Waals surface area (Å²) in [7, 11) is 0. The van der Waals surface area contributed by atoms with E-state index in [2.05, 4.69) is 9.88 Å². The van der Waals surface area contributed by atoms with E-state index in [4.69, 9.17) is 23.2 Å². The number of halogens is 2. The van der Waals surface area contributed by atoms with E-state index in [1.807, 2.05) is 12.1 Å². The first-order chi connectivity index (χ1) is 8.17. The maximum absolute atomic E-state index is 9.18. The fourth-order valence-corrected chi connectivity index (χ4v) is 2.81. The molecule has 5 heteroatoms. The van der Waals surface area contributed by atoms with Gasteiger partial charge in [-0.05, 0) is 43.0 Å². The summed E-state index contributed by atoms with van der Waals surface area (Å²) in [6, 6.07) is 3.69. The van der Waals surface area contributed by atoms with Gasteiger partial charge in [-0.25, -0.2) is 4.98 Å². The van der Waals surface area contributed by atoms with E-state index < -0.39 is 0 Å². The van der Waals surface area contributed by atoms with Gasteiger partial charge in [-0.3, -0.25) is 4.90 Å². The Labute approximate surface area is 111 Å². The van der Waals surface area contributed by atoms with Crippen LogP contribution < -0.4 is 0 Å². The Hall–Kier alpha value is -0.350. The van der Waals surface area contributed by atoms with Gasteiger partial charge < -0.3 is 5.11 Å². The van der Waals surface area contributed by atoms with Crippen molar-refractivity contribution in [2.75, 3.05) is 19.7 Å². The van der Waals surface area contributed by atoms with E-state index in [0.29, 0.717) is 16.2 Å². The van der Waals surface area contributed by atoms with Crippen molar-refractivity contribution in [3.8, 4) is 0 Å². The van der Waals surface area contributed by atoms with Crippen LogP contribution in [0.3, 0.4) is 0 Å². The summed E-state index contributed by atoms with van der Waals surface area (Å²) in [5.41, 5.74) is 1.08. The van der Waals surface area contributed by atoms with E-state index in [1.54, 1.807) is 0 Å². The number of pyridine rings is 1. The van der Waals surface area contributed by atoms with Gasteiger partial charge in [0.05, 0.1) is 0 Å². The molecule has 1 aliphatic rings. The zero-order chi connectivity index (χ0) is 12.3. The molecule has 1 atom stereocenters. The first kappa shape index (κ1) is 13.1. The zero-order valence-electron chi connectivity index (χ0n) is 9.57. The first-order valence-electron chi connectivity index (χ1n) is 5.82. The van der Waals surface area contributed by atoms with Crippen LogP contribution in [0, 0.1) is 5.92 Å². The highest BCUT2D eigenvalue weighted by Gasteiger charge is 2.19. The van der Waals surface area contributed by atoms with Gasteiger partial charge in [0.15, 0.2) is 0 Å². The monoisotopic (exact) mass is 274 g/mol. The maximum atomic E-state index is 9.18. The summed E-state index contributed by atoms with van der Waals surface area (Å²) in [4.78, 5) is 6.26. The average Bonchev–Trinajstić information content (AvgIpc) is 2.28. The lowest BCUT2D eigenvalue weighted by Crippen LogP contribution is -2.36. The molecule has 1 fully saturated rings. The van der Waals surface area contributed by atoms with Crippen LogP contribution in [0.15, 0.2) is 12.1 Å². The van der Waals surface area contributed by atoms with Gasteiger partial charge >= 0.3 is 0 Å².